The predicted molar refractivity (Wildman–Crippen MR) is 103 cm³/mol. The first-order chi connectivity index (χ1) is 12.3. The second-order valence-corrected chi connectivity index (χ2v) is 6.49. The van der Waals surface area contributed by atoms with Gasteiger partial charge in [-0.2, -0.15) is 0 Å². The Morgan fingerprint density at radius 1 is 0.960 bits per heavy atom. The van der Waals surface area contributed by atoms with E-state index in [1.807, 2.05) is 18.2 Å². The van der Waals surface area contributed by atoms with E-state index in [0.717, 1.165) is 55.2 Å². The average molecular weight is 333 g/mol. The summed E-state index contributed by atoms with van der Waals surface area (Å²) in [7, 11) is 0. The number of aromatic hydroxyl groups is 1. The summed E-state index contributed by atoms with van der Waals surface area (Å²) in [6.07, 6.45) is 0. The number of phenols is 1. The number of piperazine rings is 1. The van der Waals surface area contributed by atoms with E-state index in [0.29, 0.717) is 0 Å². The molecule has 1 fully saturated rings. The molecular weight excluding hydrogens is 310 g/mol. The van der Waals surface area contributed by atoms with Gasteiger partial charge in [0.25, 0.3) is 0 Å². The third-order valence-corrected chi connectivity index (χ3v) is 5.02. The Labute approximate surface area is 148 Å². The lowest BCUT2D eigenvalue weighted by Crippen LogP contribution is -2.46. The zero-order valence-corrected chi connectivity index (χ0v) is 14.5. The third kappa shape index (κ3) is 3.05. The number of rotatable bonds is 3. The minimum atomic E-state index is 0.270. The first kappa shape index (κ1) is 15.9. The van der Waals surface area contributed by atoms with Crippen LogP contribution in [-0.2, 0) is 0 Å². The number of fused-ring (bicyclic) bond motifs is 1. The van der Waals surface area contributed by atoms with Crippen molar-refractivity contribution >= 4 is 16.6 Å². The molecule has 3 aromatic rings. The van der Waals surface area contributed by atoms with Gasteiger partial charge in [-0.3, -0.25) is 0 Å². The number of nitrogens with zero attached hydrogens (tertiary/aromatic N) is 3. The highest BCUT2D eigenvalue weighted by molar-refractivity contribution is 5.95. The number of pyridine rings is 1. The molecule has 4 heteroatoms. The summed E-state index contributed by atoms with van der Waals surface area (Å²) in [6.45, 7) is 7.40. The number of phenolic OH excluding ortho intramolecular Hbond substituents is 1. The lowest BCUT2D eigenvalue weighted by molar-refractivity contribution is 0.271. The number of anilines is 1. The highest BCUT2D eigenvalue weighted by atomic mass is 16.3. The van der Waals surface area contributed by atoms with E-state index in [4.69, 9.17) is 4.98 Å². The van der Waals surface area contributed by atoms with Gasteiger partial charge < -0.3 is 14.9 Å². The van der Waals surface area contributed by atoms with Gasteiger partial charge in [0.15, 0.2) is 0 Å². The van der Waals surface area contributed by atoms with Crippen molar-refractivity contribution < 1.29 is 5.11 Å². The second kappa shape index (κ2) is 6.73. The molecule has 4 rings (SSSR count). The first-order valence-corrected chi connectivity index (χ1v) is 8.91. The Morgan fingerprint density at radius 2 is 1.68 bits per heavy atom. The van der Waals surface area contributed by atoms with Crippen molar-refractivity contribution in [2.45, 2.75) is 6.92 Å². The molecule has 1 N–H and O–H groups in total. The van der Waals surface area contributed by atoms with Crippen molar-refractivity contribution in [3.63, 3.8) is 0 Å². The molecule has 1 saturated heterocycles. The zero-order valence-electron chi connectivity index (χ0n) is 14.5. The summed E-state index contributed by atoms with van der Waals surface area (Å²) in [5.74, 6) is 1.29. The van der Waals surface area contributed by atoms with Crippen LogP contribution in [0.4, 0.5) is 5.82 Å². The third-order valence-electron chi connectivity index (χ3n) is 5.02. The lowest BCUT2D eigenvalue weighted by Gasteiger charge is -2.35. The largest absolute Gasteiger partial charge is 0.507 e. The number of para-hydroxylation sites is 1. The average Bonchev–Trinajstić information content (AvgIpc) is 2.67. The maximum absolute atomic E-state index is 10.2. The van der Waals surface area contributed by atoms with E-state index < -0.39 is 0 Å². The Bertz CT molecular complexity index is 885. The van der Waals surface area contributed by atoms with Crippen molar-refractivity contribution in [1.29, 1.82) is 0 Å². The Morgan fingerprint density at radius 3 is 2.44 bits per heavy atom. The van der Waals surface area contributed by atoms with Crippen LogP contribution in [0.15, 0.2) is 54.6 Å². The molecule has 2 aromatic carbocycles. The van der Waals surface area contributed by atoms with Gasteiger partial charge in [0, 0.05) is 37.1 Å². The van der Waals surface area contributed by atoms with E-state index in [-0.39, 0.29) is 5.75 Å². The lowest BCUT2D eigenvalue weighted by atomic mass is 10.1. The highest BCUT2D eigenvalue weighted by Gasteiger charge is 2.20. The van der Waals surface area contributed by atoms with Crippen molar-refractivity contribution in [1.82, 2.24) is 9.88 Å². The standard InChI is InChI=1S/C21H23N3O/c1-2-23-11-13-24(14-12-23)21-17-8-4-3-7-16(17)15-19(22-21)18-9-5-6-10-20(18)25/h3-10,15,25H,2,11-14H2,1H3. The fraction of sp³-hybridized carbons (Fsp3) is 0.286. The minimum absolute atomic E-state index is 0.270. The van der Waals surface area contributed by atoms with Crippen LogP contribution in [0, 0.1) is 0 Å². The fourth-order valence-corrected chi connectivity index (χ4v) is 3.53. The van der Waals surface area contributed by atoms with Gasteiger partial charge in [-0.1, -0.05) is 43.3 Å². The summed E-state index contributed by atoms with van der Waals surface area (Å²) in [5, 5.41) is 12.6. The van der Waals surface area contributed by atoms with Crippen LogP contribution in [-0.4, -0.2) is 47.7 Å². The Hall–Kier alpha value is -2.59. The van der Waals surface area contributed by atoms with Crippen LogP contribution < -0.4 is 4.90 Å². The molecule has 0 aliphatic carbocycles. The molecule has 0 spiro atoms. The molecule has 1 aliphatic rings. The van der Waals surface area contributed by atoms with Crippen LogP contribution in [0.2, 0.25) is 0 Å². The quantitative estimate of drug-likeness (QED) is 0.792. The number of hydrogen-bond acceptors (Lipinski definition) is 4. The van der Waals surface area contributed by atoms with Gasteiger partial charge in [-0.15, -0.1) is 0 Å². The van der Waals surface area contributed by atoms with Crippen LogP contribution in [0.1, 0.15) is 6.92 Å². The molecule has 0 unspecified atom stereocenters. The zero-order chi connectivity index (χ0) is 17.2. The molecule has 2 heterocycles. The summed E-state index contributed by atoms with van der Waals surface area (Å²) in [5.41, 5.74) is 1.60. The number of benzene rings is 2. The maximum atomic E-state index is 10.2. The van der Waals surface area contributed by atoms with Crippen molar-refractivity contribution in [2.24, 2.45) is 0 Å². The van der Waals surface area contributed by atoms with Gasteiger partial charge in [-0.05, 0) is 30.1 Å². The summed E-state index contributed by atoms with van der Waals surface area (Å²) < 4.78 is 0. The molecule has 25 heavy (non-hydrogen) atoms. The Kier molecular flexibility index (Phi) is 4.28. The van der Waals surface area contributed by atoms with Gasteiger partial charge >= 0.3 is 0 Å². The molecule has 0 bridgehead atoms. The van der Waals surface area contributed by atoms with Gasteiger partial charge in [0.2, 0.25) is 0 Å². The van der Waals surface area contributed by atoms with Crippen molar-refractivity contribution in [3.05, 3.63) is 54.6 Å². The topological polar surface area (TPSA) is 39.6 Å². The van der Waals surface area contributed by atoms with Crippen molar-refractivity contribution in [3.8, 4) is 17.0 Å². The molecule has 0 radical (unpaired) electrons. The van der Waals surface area contributed by atoms with E-state index in [1.165, 1.54) is 5.39 Å². The first-order valence-electron chi connectivity index (χ1n) is 8.91. The molecule has 1 aromatic heterocycles. The van der Waals surface area contributed by atoms with E-state index >= 15 is 0 Å². The molecule has 1 aliphatic heterocycles. The second-order valence-electron chi connectivity index (χ2n) is 6.49. The summed E-state index contributed by atoms with van der Waals surface area (Å²) >= 11 is 0. The summed E-state index contributed by atoms with van der Waals surface area (Å²) in [6, 6.07) is 17.8. The maximum Gasteiger partial charge on any atom is 0.137 e. The predicted octanol–water partition coefficient (Wildman–Crippen LogP) is 3.75. The molecule has 0 amide bonds. The fourth-order valence-electron chi connectivity index (χ4n) is 3.53. The number of aromatic nitrogens is 1. The van der Waals surface area contributed by atoms with E-state index in [9.17, 15) is 5.11 Å². The van der Waals surface area contributed by atoms with Gasteiger partial charge in [0.1, 0.15) is 11.6 Å². The van der Waals surface area contributed by atoms with E-state index in [2.05, 4.69) is 47.1 Å². The Balaban J connectivity index is 1.81. The molecule has 128 valence electrons. The molecule has 0 atom stereocenters. The molecule has 0 saturated carbocycles. The van der Waals surface area contributed by atoms with Crippen molar-refractivity contribution in [2.75, 3.05) is 37.6 Å². The normalized spacial score (nSPS) is 15.6. The van der Waals surface area contributed by atoms with Gasteiger partial charge in [-0.25, -0.2) is 4.98 Å². The number of likely N-dealkylation sites (N-methyl/N-ethyl adjacent to an activating group) is 1. The molecular formula is C21H23N3O. The van der Waals surface area contributed by atoms with Crippen LogP contribution in [0.5, 0.6) is 5.75 Å². The number of hydrogen-bond donors (Lipinski definition) is 1. The SMILES string of the molecule is CCN1CCN(c2nc(-c3ccccc3O)cc3ccccc23)CC1. The van der Waals surface area contributed by atoms with Crippen LogP contribution in [0.25, 0.3) is 22.0 Å². The summed E-state index contributed by atoms with van der Waals surface area (Å²) in [4.78, 5) is 9.79. The van der Waals surface area contributed by atoms with Crippen LogP contribution >= 0.6 is 0 Å². The van der Waals surface area contributed by atoms with Gasteiger partial charge in [0.05, 0.1) is 5.69 Å². The monoisotopic (exact) mass is 333 g/mol. The van der Waals surface area contributed by atoms with Crippen LogP contribution in [0.3, 0.4) is 0 Å². The minimum Gasteiger partial charge on any atom is -0.507 e. The molecule has 4 nitrogen and oxygen atoms in total. The van der Waals surface area contributed by atoms with E-state index in [1.54, 1.807) is 6.07 Å². The smallest absolute Gasteiger partial charge is 0.137 e. The highest BCUT2D eigenvalue weighted by Crippen LogP contribution is 2.33.